The smallest absolute Gasteiger partial charge is 0.161 e. The van der Waals surface area contributed by atoms with Crippen LogP contribution < -0.4 is 0 Å². The minimum absolute atomic E-state index is 0.893. The van der Waals surface area contributed by atoms with E-state index in [4.69, 9.17) is 4.42 Å². The van der Waals surface area contributed by atoms with Gasteiger partial charge in [0, 0.05) is 31.2 Å². The standard InChI is InChI=1S/C44H27NOS/c1-3-14-28(15-4-1)30-21-11-24-36-40-33(23-13-27-39(40)47-44(30)36)31-18-7-8-19-32(31)34-22-12-26-38-41(34)42-43(46-38)35-20-9-10-25-37(35)45(42)29-16-5-2-6-17-29/h1-27H. The lowest BCUT2D eigenvalue weighted by molar-refractivity contribution is 0.673. The molecular formula is C44H27NOS. The van der Waals surface area contributed by atoms with Crippen LogP contribution in [0.4, 0.5) is 0 Å². The molecule has 0 radical (unpaired) electrons. The van der Waals surface area contributed by atoms with Gasteiger partial charge in [0.05, 0.1) is 10.9 Å². The summed E-state index contributed by atoms with van der Waals surface area (Å²) >= 11 is 1.88. The molecule has 0 fully saturated rings. The Labute approximate surface area is 275 Å². The minimum Gasteiger partial charge on any atom is -0.454 e. The third kappa shape index (κ3) is 3.90. The summed E-state index contributed by atoms with van der Waals surface area (Å²) in [6.45, 7) is 0. The van der Waals surface area contributed by atoms with Crippen LogP contribution in [0, 0.1) is 0 Å². The SMILES string of the molecule is c1ccc(-c2cccc3c2sc2cccc(-c4ccccc4-c4cccc5oc6c7ccccc7n(-c7ccccc7)c6c45)c23)cc1. The summed E-state index contributed by atoms with van der Waals surface area (Å²) in [5, 5.41) is 4.85. The molecule has 0 atom stereocenters. The van der Waals surface area contributed by atoms with E-state index in [1.807, 2.05) is 11.3 Å². The Bertz CT molecular complexity index is 2780. The van der Waals surface area contributed by atoms with Crippen molar-refractivity contribution >= 4 is 64.5 Å². The average molecular weight is 618 g/mol. The molecular weight excluding hydrogens is 591 g/mol. The Balaban J connectivity index is 1.28. The van der Waals surface area contributed by atoms with Crippen LogP contribution in [-0.2, 0) is 0 Å². The number of hydrogen-bond acceptors (Lipinski definition) is 2. The second-order valence-electron chi connectivity index (χ2n) is 12.0. The van der Waals surface area contributed by atoms with Gasteiger partial charge in [-0.2, -0.15) is 0 Å². The van der Waals surface area contributed by atoms with E-state index in [0.29, 0.717) is 0 Å². The molecule has 0 unspecified atom stereocenters. The first kappa shape index (κ1) is 26.3. The number of para-hydroxylation sites is 2. The van der Waals surface area contributed by atoms with Gasteiger partial charge < -0.3 is 8.98 Å². The number of benzene rings is 7. The van der Waals surface area contributed by atoms with Crippen molar-refractivity contribution in [3.05, 3.63) is 164 Å². The molecule has 220 valence electrons. The van der Waals surface area contributed by atoms with Crippen molar-refractivity contribution in [2.24, 2.45) is 0 Å². The van der Waals surface area contributed by atoms with E-state index in [2.05, 4.69) is 168 Å². The van der Waals surface area contributed by atoms with Crippen molar-refractivity contribution in [1.29, 1.82) is 0 Å². The fourth-order valence-electron chi connectivity index (χ4n) is 7.45. The molecule has 0 bridgehead atoms. The first-order valence-electron chi connectivity index (χ1n) is 15.9. The van der Waals surface area contributed by atoms with Gasteiger partial charge in [-0.3, -0.25) is 0 Å². The van der Waals surface area contributed by atoms with Crippen LogP contribution in [0.2, 0.25) is 0 Å². The molecule has 3 heteroatoms. The molecule has 0 spiro atoms. The second-order valence-corrected chi connectivity index (χ2v) is 13.1. The van der Waals surface area contributed by atoms with E-state index in [1.54, 1.807) is 0 Å². The normalized spacial score (nSPS) is 11.8. The fraction of sp³-hybridized carbons (Fsp3) is 0. The number of thiophene rings is 1. The maximum absolute atomic E-state index is 6.73. The van der Waals surface area contributed by atoms with Crippen LogP contribution in [0.1, 0.15) is 0 Å². The van der Waals surface area contributed by atoms with E-state index in [9.17, 15) is 0 Å². The predicted molar refractivity (Wildman–Crippen MR) is 200 cm³/mol. The topological polar surface area (TPSA) is 18.1 Å². The largest absolute Gasteiger partial charge is 0.454 e. The first-order chi connectivity index (χ1) is 23.3. The molecule has 0 amide bonds. The highest BCUT2D eigenvalue weighted by molar-refractivity contribution is 7.26. The van der Waals surface area contributed by atoms with E-state index in [1.165, 1.54) is 53.6 Å². The van der Waals surface area contributed by atoms with E-state index in [0.717, 1.165) is 38.7 Å². The highest BCUT2D eigenvalue weighted by Gasteiger charge is 2.23. The average Bonchev–Trinajstić information content (AvgIpc) is 3.81. The fourth-order valence-corrected chi connectivity index (χ4v) is 8.71. The lowest BCUT2D eigenvalue weighted by atomic mass is 9.90. The zero-order valence-electron chi connectivity index (χ0n) is 25.4. The van der Waals surface area contributed by atoms with Gasteiger partial charge in [0.15, 0.2) is 5.58 Å². The number of rotatable bonds is 4. The first-order valence-corrected chi connectivity index (χ1v) is 16.8. The van der Waals surface area contributed by atoms with Crippen molar-refractivity contribution in [1.82, 2.24) is 4.57 Å². The molecule has 0 N–H and O–H groups in total. The number of hydrogen-bond donors (Lipinski definition) is 0. The number of aromatic nitrogens is 1. The summed E-state index contributed by atoms with van der Waals surface area (Å²) in [6, 6.07) is 58.7. The quantitative estimate of drug-likeness (QED) is 0.192. The van der Waals surface area contributed by atoms with E-state index < -0.39 is 0 Å². The third-order valence-corrected chi connectivity index (χ3v) is 10.6. The van der Waals surface area contributed by atoms with Crippen molar-refractivity contribution in [2.75, 3.05) is 0 Å². The van der Waals surface area contributed by atoms with Gasteiger partial charge in [-0.15, -0.1) is 11.3 Å². The van der Waals surface area contributed by atoms with Crippen LogP contribution in [0.3, 0.4) is 0 Å². The van der Waals surface area contributed by atoms with Gasteiger partial charge >= 0.3 is 0 Å². The van der Waals surface area contributed by atoms with Crippen LogP contribution in [0.25, 0.3) is 92.2 Å². The Morgan fingerprint density at radius 3 is 1.85 bits per heavy atom. The molecule has 7 aromatic carbocycles. The Morgan fingerprint density at radius 1 is 0.447 bits per heavy atom. The molecule has 10 rings (SSSR count). The zero-order valence-corrected chi connectivity index (χ0v) is 26.2. The molecule has 10 aromatic rings. The summed E-state index contributed by atoms with van der Waals surface area (Å²) in [5.74, 6) is 0. The van der Waals surface area contributed by atoms with E-state index in [-0.39, 0.29) is 0 Å². The minimum atomic E-state index is 0.893. The molecule has 3 heterocycles. The van der Waals surface area contributed by atoms with Gasteiger partial charge in [-0.1, -0.05) is 127 Å². The summed E-state index contributed by atoms with van der Waals surface area (Å²) in [6.07, 6.45) is 0. The number of furan rings is 1. The number of fused-ring (bicyclic) bond motifs is 8. The zero-order chi connectivity index (χ0) is 30.9. The molecule has 2 nitrogen and oxygen atoms in total. The Kier molecular flexibility index (Phi) is 5.78. The summed E-state index contributed by atoms with van der Waals surface area (Å²) in [7, 11) is 0. The molecule has 0 saturated carbocycles. The molecule has 0 aliphatic rings. The highest BCUT2D eigenvalue weighted by Crippen LogP contribution is 2.48. The maximum Gasteiger partial charge on any atom is 0.161 e. The molecule has 0 aliphatic heterocycles. The maximum atomic E-state index is 6.73. The van der Waals surface area contributed by atoms with Crippen LogP contribution in [0.15, 0.2) is 168 Å². The van der Waals surface area contributed by atoms with Crippen molar-refractivity contribution < 1.29 is 4.42 Å². The number of nitrogens with zero attached hydrogens (tertiary/aromatic N) is 1. The van der Waals surface area contributed by atoms with Gasteiger partial charge in [0.25, 0.3) is 0 Å². The second kappa shape index (κ2) is 10.3. The monoisotopic (exact) mass is 617 g/mol. The third-order valence-electron chi connectivity index (χ3n) is 9.43. The summed E-state index contributed by atoms with van der Waals surface area (Å²) in [5.41, 5.74) is 12.5. The molecule has 3 aromatic heterocycles. The van der Waals surface area contributed by atoms with Crippen molar-refractivity contribution in [3.63, 3.8) is 0 Å². The lowest BCUT2D eigenvalue weighted by Crippen LogP contribution is -1.94. The van der Waals surface area contributed by atoms with Crippen molar-refractivity contribution in [2.45, 2.75) is 0 Å². The Hall–Kier alpha value is -5.90. The van der Waals surface area contributed by atoms with Crippen LogP contribution in [-0.4, -0.2) is 4.57 Å². The summed E-state index contributed by atoms with van der Waals surface area (Å²) < 4.78 is 11.7. The van der Waals surface area contributed by atoms with E-state index >= 15 is 0 Å². The lowest BCUT2D eigenvalue weighted by Gasteiger charge is -2.14. The highest BCUT2D eigenvalue weighted by atomic mass is 32.1. The van der Waals surface area contributed by atoms with Gasteiger partial charge in [0.2, 0.25) is 0 Å². The molecule has 0 aliphatic carbocycles. The summed E-state index contributed by atoms with van der Waals surface area (Å²) in [4.78, 5) is 0. The van der Waals surface area contributed by atoms with Crippen molar-refractivity contribution in [3.8, 4) is 39.1 Å². The van der Waals surface area contributed by atoms with Gasteiger partial charge in [-0.25, -0.2) is 0 Å². The van der Waals surface area contributed by atoms with Crippen LogP contribution in [0.5, 0.6) is 0 Å². The molecule has 47 heavy (non-hydrogen) atoms. The molecule has 0 saturated heterocycles. The predicted octanol–water partition coefficient (Wildman–Crippen LogP) is 12.9. The van der Waals surface area contributed by atoms with Crippen LogP contribution >= 0.6 is 11.3 Å². The van der Waals surface area contributed by atoms with Gasteiger partial charge in [-0.05, 0) is 69.8 Å². The van der Waals surface area contributed by atoms with Gasteiger partial charge in [0.1, 0.15) is 11.1 Å². The Morgan fingerprint density at radius 2 is 1.04 bits per heavy atom.